The summed E-state index contributed by atoms with van der Waals surface area (Å²) in [5.74, 6) is -0.335. The molecule has 6 heteroatoms. The summed E-state index contributed by atoms with van der Waals surface area (Å²) in [5, 5.41) is 5.35. The number of ether oxygens (including phenoxy) is 1. The summed E-state index contributed by atoms with van der Waals surface area (Å²) in [6, 6.07) is 4.46. The van der Waals surface area contributed by atoms with Gasteiger partial charge in [-0.15, -0.1) is 9.81 Å². The highest BCUT2D eigenvalue weighted by molar-refractivity contribution is 5.70. The Bertz CT molecular complexity index is 417. The number of nitrogens with zero attached hydrogens (tertiary/aromatic N) is 2. The van der Waals surface area contributed by atoms with Gasteiger partial charge >= 0.3 is 5.97 Å². The maximum atomic E-state index is 10.9. The van der Waals surface area contributed by atoms with Gasteiger partial charge in [0.1, 0.15) is 11.4 Å². The standard InChI is InChI=1S/C10H10N2O4/c1-16-10(13)5-3-7-2-4-8(11-14)9(6-7)12-15/h2,4,6H,3,5H2,1H3. The SMILES string of the molecule is COC(=O)CCc1ccc(N=O)c(N=O)c1. The number of benzene rings is 1. The average molecular weight is 222 g/mol. The smallest absolute Gasteiger partial charge is 0.305 e. The van der Waals surface area contributed by atoms with Gasteiger partial charge in [0.05, 0.1) is 7.11 Å². The van der Waals surface area contributed by atoms with Gasteiger partial charge in [0.15, 0.2) is 0 Å². The van der Waals surface area contributed by atoms with Crippen molar-refractivity contribution in [1.29, 1.82) is 0 Å². The van der Waals surface area contributed by atoms with Crippen molar-refractivity contribution in [1.82, 2.24) is 0 Å². The van der Waals surface area contributed by atoms with E-state index in [9.17, 15) is 14.6 Å². The van der Waals surface area contributed by atoms with Crippen molar-refractivity contribution >= 4 is 17.3 Å². The fraction of sp³-hybridized carbons (Fsp3) is 0.300. The second-order valence-electron chi connectivity index (χ2n) is 3.08. The molecule has 0 unspecified atom stereocenters. The highest BCUT2D eigenvalue weighted by Gasteiger charge is 2.06. The number of esters is 1. The lowest BCUT2D eigenvalue weighted by Gasteiger charge is -2.01. The predicted molar refractivity (Wildman–Crippen MR) is 57.7 cm³/mol. The van der Waals surface area contributed by atoms with E-state index >= 15 is 0 Å². The van der Waals surface area contributed by atoms with Crippen LogP contribution in [0.3, 0.4) is 0 Å². The number of carbonyl (C=O) groups excluding carboxylic acids is 1. The number of aryl methyl sites for hydroxylation is 1. The molecule has 0 aliphatic rings. The maximum absolute atomic E-state index is 10.9. The summed E-state index contributed by atoms with van der Waals surface area (Å²) < 4.78 is 4.48. The van der Waals surface area contributed by atoms with Gasteiger partial charge in [0.2, 0.25) is 0 Å². The highest BCUT2D eigenvalue weighted by atomic mass is 16.5. The molecule has 0 saturated carbocycles. The van der Waals surface area contributed by atoms with E-state index < -0.39 is 0 Å². The largest absolute Gasteiger partial charge is 0.469 e. The lowest BCUT2D eigenvalue weighted by Crippen LogP contribution is -2.01. The van der Waals surface area contributed by atoms with E-state index in [-0.39, 0.29) is 23.8 Å². The van der Waals surface area contributed by atoms with Crippen LogP contribution in [0.25, 0.3) is 0 Å². The molecule has 0 bridgehead atoms. The molecule has 0 aliphatic heterocycles. The Morgan fingerprint density at radius 3 is 2.50 bits per heavy atom. The lowest BCUT2D eigenvalue weighted by atomic mass is 10.1. The van der Waals surface area contributed by atoms with Gasteiger partial charge in [0.25, 0.3) is 0 Å². The summed E-state index contributed by atoms with van der Waals surface area (Å²) in [6.07, 6.45) is 0.636. The molecule has 0 amide bonds. The molecule has 0 spiro atoms. The van der Waals surface area contributed by atoms with E-state index in [1.165, 1.54) is 19.2 Å². The third-order valence-corrected chi connectivity index (χ3v) is 2.08. The first-order chi connectivity index (χ1) is 7.71. The van der Waals surface area contributed by atoms with Gasteiger partial charge in [0, 0.05) is 6.42 Å². The highest BCUT2D eigenvalue weighted by Crippen LogP contribution is 2.28. The first-order valence-electron chi connectivity index (χ1n) is 4.57. The van der Waals surface area contributed by atoms with Crippen LogP contribution in [0.15, 0.2) is 28.6 Å². The van der Waals surface area contributed by atoms with E-state index in [1.54, 1.807) is 6.07 Å². The van der Waals surface area contributed by atoms with E-state index in [4.69, 9.17) is 0 Å². The second-order valence-corrected chi connectivity index (χ2v) is 3.08. The third kappa shape index (κ3) is 2.94. The van der Waals surface area contributed by atoms with Gasteiger partial charge in [-0.05, 0) is 34.5 Å². The third-order valence-electron chi connectivity index (χ3n) is 2.08. The molecule has 0 atom stereocenters. The van der Waals surface area contributed by atoms with Gasteiger partial charge in [-0.1, -0.05) is 6.07 Å². The minimum Gasteiger partial charge on any atom is -0.469 e. The van der Waals surface area contributed by atoms with Crippen molar-refractivity contribution in [2.75, 3.05) is 7.11 Å². The lowest BCUT2D eigenvalue weighted by molar-refractivity contribution is -0.140. The number of carbonyl (C=O) groups is 1. The molecule has 6 nitrogen and oxygen atoms in total. The zero-order valence-corrected chi connectivity index (χ0v) is 8.67. The molecule has 0 saturated heterocycles. The van der Waals surface area contributed by atoms with Crippen molar-refractivity contribution < 1.29 is 9.53 Å². The number of methoxy groups -OCH3 is 1. The molecule has 0 N–H and O–H groups in total. The molecule has 1 aromatic carbocycles. The van der Waals surface area contributed by atoms with Crippen molar-refractivity contribution in [3.63, 3.8) is 0 Å². The molecule has 1 aromatic rings. The molecule has 16 heavy (non-hydrogen) atoms. The topological polar surface area (TPSA) is 85.2 Å². The van der Waals surface area contributed by atoms with Gasteiger partial charge < -0.3 is 4.74 Å². The fourth-order valence-corrected chi connectivity index (χ4v) is 1.22. The zero-order chi connectivity index (χ0) is 12.0. The normalized spacial score (nSPS) is 9.56. The molecule has 0 heterocycles. The van der Waals surface area contributed by atoms with Crippen LogP contribution in [0.1, 0.15) is 12.0 Å². The quantitative estimate of drug-likeness (QED) is 0.566. The van der Waals surface area contributed by atoms with Gasteiger partial charge in [-0.25, -0.2) is 0 Å². The molecular weight excluding hydrogens is 212 g/mol. The molecule has 84 valence electrons. The molecule has 0 aliphatic carbocycles. The molecule has 0 radical (unpaired) electrons. The number of nitroso groups, excluding NO2 is 2. The summed E-state index contributed by atoms with van der Waals surface area (Å²) >= 11 is 0. The fourth-order valence-electron chi connectivity index (χ4n) is 1.22. The summed E-state index contributed by atoms with van der Waals surface area (Å²) in [4.78, 5) is 31.6. The van der Waals surface area contributed by atoms with Gasteiger partial charge in [-0.2, -0.15) is 0 Å². The summed E-state index contributed by atoms with van der Waals surface area (Å²) in [7, 11) is 1.31. The Balaban J connectivity index is 2.79. The van der Waals surface area contributed by atoms with Crippen molar-refractivity contribution in [2.45, 2.75) is 12.8 Å². The van der Waals surface area contributed by atoms with Crippen molar-refractivity contribution in [2.24, 2.45) is 10.4 Å². The maximum Gasteiger partial charge on any atom is 0.305 e. The average Bonchev–Trinajstić information content (AvgIpc) is 2.35. The first kappa shape index (κ1) is 12.0. The molecular formula is C10H10N2O4. The van der Waals surface area contributed by atoms with E-state index in [1.807, 2.05) is 0 Å². The predicted octanol–water partition coefficient (Wildman–Crippen LogP) is 2.59. The van der Waals surface area contributed by atoms with Crippen LogP contribution < -0.4 is 0 Å². The molecule has 0 aromatic heterocycles. The molecule has 0 fully saturated rings. The second kappa shape index (κ2) is 5.69. The zero-order valence-electron chi connectivity index (χ0n) is 8.67. The van der Waals surface area contributed by atoms with Crippen molar-refractivity contribution in [3.8, 4) is 0 Å². The van der Waals surface area contributed by atoms with Gasteiger partial charge in [-0.3, -0.25) is 4.79 Å². The van der Waals surface area contributed by atoms with Crippen LogP contribution in [0.2, 0.25) is 0 Å². The minimum absolute atomic E-state index is 0.00295. The van der Waals surface area contributed by atoms with Crippen LogP contribution in [0.4, 0.5) is 11.4 Å². The summed E-state index contributed by atoms with van der Waals surface area (Å²) in [5.41, 5.74) is 0.710. The number of hydrogen-bond acceptors (Lipinski definition) is 6. The van der Waals surface area contributed by atoms with E-state index in [2.05, 4.69) is 15.1 Å². The Morgan fingerprint density at radius 1 is 1.25 bits per heavy atom. The Labute approximate surface area is 91.6 Å². The van der Waals surface area contributed by atoms with Crippen LogP contribution >= 0.6 is 0 Å². The Kier molecular flexibility index (Phi) is 4.26. The monoisotopic (exact) mass is 222 g/mol. The summed E-state index contributed by atoms with van der Waals surface area (Å²) in [6.45, 7) is 0. The Hall–Kier alpha value is -2.11. The van der Waals surface area contributed by atoms with E-state index in [0.717, 1.165) is 5.56 Å². The minimum atomic E-state index is -0.335. The number of rotatable bonds is 5. The van der Waals surface area contributed by atoms with Crippen molar-refractivity contribution in [3.05, 3.63) is 33.6 Å². The Morgan fingerprint density at radius 2 is 1.94 bits per heavy atom. The van der Waals surface area contributed by atoms with Crippen LogP contribution in [0, 0.1) is 9.81 Å². The first-order valence-corrected chi connectivity index (χ1v) is 4.57. The van der Waals surface area contributed by atoms with E-state index in [0.29, 0.717) is 6.42 Å². The number of hydrogen-bond donors (Lipinski definition) is 0. The van der Waals surface area contributed by atoms with Crippen LogP contribution in [-0.4, -0.2) is 13.1 Å². The van der Waals surface area contributed by atoms with Crippen LogP contribution in [0.5, 0.6) is 0 Å². The molecule has 1 rings (SSSR count). The van der Waals surface area contributed by atoms with Crippen LogP contribution in [-0.2, 0) is 16.0 Å².